The lowest BCUT2D eigenvalue weighted by molar-refractivity contribution is -0.129. The molecule has 2 aliphatic heterocycles. The summed E-state index contributed by atoms with van der Waals surface area (Å²) in [6.45, 7) is 7.90. The third-order valence-corrected chi connectivity index (χ3v) is 5.65. The number of para-hydroxylation sites is 2. The summed E-state index contributed by atoms with van der Waals surface area (Å²) in [6, 6.07) is 8.06. The molecular weight excluding hydrogens is 455 g/mol. The Morgan fingerprint density at radius 3 is 2.44 bits per heavy atom. The Bertz CT molecular complexity index is 717. The maximum absolute atomic E-state index is 12.1. The van der Waals surface area contributed by atoms with Crippen LogP contribution in [0.15, 0.2) is 24.3 Å². The van der Waals surface area contributed by atoms with Crippen molar-refractivity contribution in [2.75, 3.05) is 64.4 Å². The minimum absolute atomic E-state index is 0. The van der Waals surface area contributed by atoms with Crippen LogP contribution in [0.1, 0.15) is 26.2 Å². The molecule has 32 heavy (non-hydrogen) atoms. The SMILES string of the molecule is CCCNC(=O)OC(CN1CCN(c2ccccc2OC)CC1)CN1CCCC1=O.Cl.Cl. The van der Waals surface area contributed by atoms with Gasteiger partial charge in [0.05, 0.1) is 19.3 Å². The quantitative estimate of drug-likeness (QED) is 0.573. The van der Waals surface area contributed by atoms with E-state index in [0.717, 1.165) is 57.0 Å². The van der Waals surface area contributed by atoms with Crippen molar-refractivity contribution in [1.29, 1.82) is 0 Å². The van der Waals surface area contributed by atoms with Crippen molar-refractivity contribution < 1.29 is 19.1 Å². The van der Waals surface area contributed by atoms with Gasteiger partial charge in [-0.3, -0.25) is 9.69 Å². The van der Waals surface area contributed by atoms with E-state index < -0.39 is 6.09 Å². The number of rotatable bonds is 9. The van der Waals surface area contributed by atoms with Crippen LogP contribution in [-0.4, -0.2) is 87.4 Å². The number of hydrogen-bond donors (Lipinski definition) is 1. The van der Waals surface area contributed by atoms with Gasteiger partial charge in [0.1, 0.15) is 11.9 Å². The monoisotopic (exact) mass is 490 g/mol. The number of anilines is 1. The second kappa shape index (κ2) is 14.3. The molecule has 10 heteroatoms. The van der Waals surface area contributed by atoms with Gasteiger partial charge in [-0.25, -0.2) is 4.79 Å². The fourth-order valence-corrected chi connectivity index (χ4v) is 4.05. The first kappa shape index (κ1) is 28.1. The van der Waals surface area contributed by atoms with Gasteiger partial charge in [0, 0.05) is 52.2 Å². The van der Waals surface area contributed by atoms with Crippen LogP contribution in [0.5, 0.6) is 5.75 Å². The lowest BCUT2D eigenvalue weighted by Crippen LogP contribution is -2.51. The van der Waals surface area contributed by atoms with E-state index in [1.165, 1.54) is 0 Å². The minimum Gasteiger partial charge on any atom is -0.495 e. The molecule has 0 spiro atoms. The molecule has 0 radical (unpaired) electrons. The average Bonchev–Trinajstić information content (AvgIpc) is 3.17. The Hall–Kier alpha value is -1.90. The van der Waals surface area contributed by atoms with Gasteiger partial charge < -0.3 is 24.6 Å². The standard InChI is InChI=1S/C22H34N4O4.2ClH/c1-3-10-23-22(28)30-18(17-26-11-6-9-21(26)27)16-24-12-14-25(15-13-24)19-7-4-5-8-20(19)29-2;;/h4-5,7-8,18H,3,6,9-17H2,1-2H3,(H,23,28);2*1H. The zero-order chi connectivity index (χ0) is 21.3. The van der Waals surface area contributed by atoms with Gasteiger partial charge in [0.15, 0.2) is 0 Å². The van der Waals surface area contributed by atoms with Crippen molar-refractivity contribution in [2.45, 2.75) is 32.3 Å². The number of hydrogen-bond acceptors (Lipinski definition) is 6. The van der Waals surface area contributed by atoms with Crippen LogP contribution in [0.25, 0.3) is 0 Å². The number of methoxy groups -OCH3 is 1. The molecule has 1 N–H and O–H groups in total. The van der Waals surface area contributed by atoms with Crippen molar-refractivity contribution in [1.82, 2.24) is 15.1 Å². The first-order chi connectivity index (χ1) is 14.6. The van der Waals surface area contributed by atoms with Crippen LogP contribution in [0.2, 0.25) is 0 Å². The minimum atomic E-state index is -0.402. The number of nitrogens with zero attached hydrogens (tertiary/aromatic N) is 3. The van der Waals surface area contributed by atoms with Crippen molar-refractivity contribution in [3.63, 3.8) is 0 Å². The van der Waals surface area contributed by atoms with E-state index in [1.54, 1.807) is 7.11 Å². The van der Waals surface area contributed by atoms with Gasteiger partial charge in [-0.05, 0) is 25.0 Å². The van der Waals surface area contributed by atoms with Crippen molar-refractivity contribution in [3.8, 4) is 5.75 Å². The first-order valence-corrected chi connectivity index (χ1v) is 10.9. The Morgan fingerprint density at radius 2 is 1.81 bits per heavy atom. The van der Waals surface area contributed by atoms with E-state index in [2.05, 4.69) is 21.2 Å². The van der Waals surface area contributed by atoms with E-state index in [4.69, 9.17) is 9.47 Å². The molecule has 0 aromatic heterocycles. The van der Waals surface area contributed by atoms with Gasteiger partial charge in [-0.1, -0.05) is 19.1 Å². The Balaban J connectivity index is 0.00000256. The van der Waals surface area contributed by atoms with Gasteiger partial charge in [-0.15, -0.1) is 24.8 Å². The van der Waals surface area contributed by atoms with Gasteiger partial charge in [-0.2, -0.15) is 0 Å². The van der Waals surface area contributed by atoms with Crippen LogP contribution in [0.4, 0.5) is 10.5 Å². The summed E-state index contributed by atoms with van der Waals surface area (Å²) < 4.78 is 11.2. The fourth-order valence-electron chi connectivity index (χ4n) is 4.05. The average molecular weight is 491 g/mol. The molecule has 2 fully saturated rings. The van der Waals surface area contributed by atoms with E-state index >= 15 is 0 Å². The highest BCUT2D eigenvalue weighted by molar-refractivity contribution is 5.85. The Morgan fingerprint density at radius 1 is 1.09 bits per heavy atom. The molecule has 1 aromatic carbocycles. The topological polar surface area (TPSA) is 74.4 Å². The lowest BCUT2D eigenvalue weighted by Gasteiger charge is -2.38. The van der Waals surface area contributed by atoms with E-state index in [-0.39, 0.29) is 36.8 Å². The number of ether oxygens (including phenoxy) is 2. The molecule has 2 aliphatic rings. The first-order valence-electron chi connectivity index (χ1n) is 10.9. The zero-order valence-corrected chi connectivity index (χ0v) is 20.6. The van der Waals surface area contributed by atoms with Crippen LogP contribution in [-0.2, 0) is 9.53 Å². The zero-order valence-electron chi connectivity index (χ0n) is 19.0. The number of halogens is 2. The van der Waals surface area contributed by atoms with Crippen molar-refractivity contribution in [2.24, 2.45) is 0 Å². The molecule has 1 unspecified atom stereocenters. The molecule has 2 amide bonds. The molecule has 1 atom stereocenters. The van der Waals surface area contributed by atoms with Crippen LogP contribution in [0.3, 0.4) is 0 Å². The highest BCUT2D eigenvalue weighted by atomic mass is 35.5. The number of piperazine rings is 1. The van der Waals surface area contributed by atoms with E-state index in [9.17, 15) is 9.59 Å². The molecule has 2 heterocycles. The fraction of sp³-hybridized carbons (Fsp3) is 0.636. The largest absolute Gasteiger partial charge is 0.495 e. The second-order valence-corrected chi connectivity index (χ2v) is 7.86. The van der Waals surface area contributed by atoms with Crippen molar-refractivity contribution >= 4 is 42.5 Å². The van der Waals surface area contributed by atoms with Gasteiger partial charge >= 0.3 is 6.09 Å². The molecule has 3 rings (SSSR count). The Labute approximate surface area is 203 Å². The number of benzene rings is 1. The number of amides is 2. The molecule has 1 aromatic rings. The van der Waals surface area contributed by atoms with E-state index in [0.29, 0.717) is 26.1 Å². The van der Waals surface area contributed by atoms with Crippen LogP contribution >= 0.6 is 24.8 Å². The van der Waals surface area contributed by atoms with Gasteiger partial charge in [0.2, 0.25) is 5.91 Å². The predicted molar refractivity (Wildman–Crippen MR) is 131 cm³/mol. The van der Waals surface area contributed by atoms with Crippen LogP contribution < -0.4 is 15.0 Å². The molecule has 0 saturated carbocycles. The number of carbonyl (C=O) groups is 2. The summed E-state index contributed by atoms with van der Waals surface area (Å²) in [4.78, 5) is 30.7. The maximum Gasteiger partial charge on any atom is 0.407 e. The summed E-state index contributed by atoms with van der Waals surface area (Å²) in [6.07, 6.45) is 1.59. The third kappa shape index (κ3) is 7.90. The normalized spacial score (nSPS) is 17.2. The number of likely N-dealkylation sites (tertiary alicyclic amines) is 1. The highest BCUT2D eigenvalue weighted by Gasteiger charge is 2.28. The number of nitrogens with one attached hydrogen (secondary N) is 1. The molecule has 8 nitrogen and oxygen atoms in total. The summed E-state index contributed by atoms with van der Waals surface area (Å²) in [5, 5.41) is 2.77. The summed E-state index contributed by atoms with van der Waals surface area (Å²) >= 11 is 0. The summed E-state index contributed by atoms with van der Waals surface area (Å²) in [5.41, 5.74) is 1.11. The smallest absolute Gasteiger partial charge is 0.407 e. The predicted octanol–water partition coefficient (Wildman–Crippen LogP) is 2.79. The van der Waals surface area contributed by atoms with Gasteiger partial charge in [0.25, 0.3) is 0 Å². The molecule has 182 valence electrons. The Kier molecular flexibility index (Phi) is 12.6. The second-order valence-electron chi connectivity index (χ2n) is 7.86. The number of carbonyl (C=O) groups excluding carboxylic acids is 2. The van der Waals surface area contributed by atoms with E-state index in [1.807, 2.05) is 30.0 Å². The molecule has 0 bridgehead atoms. The molecule has 2 saturated heterocycles. The lowest BCUT2D eigenvalue weighted by atomic mass is 10.2. The summed E-state index contributed by atoms with van der Waals surface area (Å²) in [5.74, 6) is 1.03. The molecular formula is C22H36Cl2N4O4. The summed E-state index contributed by atoms with van der Waals surface area (Å²) in [7, 11) is 1.69. The highest BCUT2D eigenvalue weighted by Crippen LogP contribution is 2.28. The van der Waals surface area contributed by atoms with Crippen molar-refractivity contribution in [3.05, 3.63) is 24.3 Å². The third-order valence-electron chi connectivity index (χ3n) is 5.65. The number of alkyl carbamates (subject to hydrolysis) is 1. The maximum atomic E-state index is 12.1. The molecule has 0 aliphatic carbocycles. The van der Waals surface area contributed by atoms with Crippen LogP contribution in [0, 0.1) is 0 Å².